The number of benzene rings is 3. The molecule has 1 aliphatic rings. The zero-order chi connectivity index (χ0) is 19.9. The van der Waals surface area contributed by atoms with E-state index in [1.165, 1.54) is 0 Å². The number of carbonyl (C=O) groups is 1. The minimum Gasteiger partial charge on any atom is -0.489 e. The molecule has 3 aromatic rings. The number of aryl methyl sites for hydroxylation is 1. The summed E-state index contributed by atoms with van der Waals surface area (Å²) >= 11 is 0. The topological polar surface area (TPSA) is 56.8 Å². The highest BCUT2D eigenvalue weighted by atomic mass is 16.7. The molecular formula is C24H23NO4. The van der Waals surface area contributed by atoms with Gasteiger partial charge in [0.1, 0.15) is 12.4 Å². The third-order valence-electron chi connectivity index (χ3n) is 4.81. The van der Waals surface area contributed by atoms with Crippen molar-refractivity contribution in [2.45, 2.75) is 26.0 Å². The zero-order valence-corrected chi connectivity index (χ0v) is 16.1. The van der Waals surface area contributed by atoms with Crippen LogP contribution in [0.25, 0.3) is 0 Å². The van der Waals surface area contributed by atoms with Gasteiger partial charge in [0.25, 0.3) is 0 Å². The van der Waals surface area contributed by atoms with Crippen molar-refractivity contribution in [3.8, 4) is 17.2 Å². The molecule has 1 N–H and O–H groups in total. The maximum Gasteiger partial charge on any atom is 0.231 e. The molecule has 0 radical (unpaired) electrons. The number of hydrogen-bond acceptors (Lipinski definition) is 4. The highest BCUT2D eigenvalue weighted by Gasteiger charge is 2.13. The first kappa shape index (κ1) is 18.9. The normalized spacial score (nSPS) is 11.9. The molecule has 29 heavy (non-hydrogen) atoms. The van der Waals surface area contributed by atoms with Gasteiger partial charge in [-0.25, -0.2) is 0 Å². The van der Waals surface area contributed by atoms with Crippen LogP contribution in [0.15, 0.2) is 72.8 Å². The molecule has 0 aliphatic carbocycles. The van der Waals surface area contributed by atoms with Gasteiger partial charge >= 0.3 is 0 Å². The molecule has 0 fully saturated rings. The maximum absolute atomic E-state index is 12.3. The van der Waals surface area contributed by atoms with E-state index in [0.717, 1.165) is 33.9 Å². The average molecular weight is 389 g/mol. The minimum atomic E-state index is 0.0152. The van der Waals surface area contributed by atoms with E-state index < -0.39 is 0 Å². The summed E-state index contributed by atoms with van der Waals surface area (Å²) < 4.78 is 16.5. The van der Waals surface area contributed by atoms with Crippen LogP contribution in [0.2, 0.25) is 0 Å². The minimum absolute atomic E-state index is 0.0152. The second-order valence-electron chi connectivity index (χ2n) is 6.83. The molecule has 1 aliphatic heterocycles. The number of rotatable bonds is 8. The molecule has 5 heteroatoms. The molecule has 0 spiro atoms. The standard InChI is InChI=1S/C24H23NO4/c26-24(13-11-18-10-12-22-23(14-18)29-17-28-22)25-15-19-6-4-5-7-20(19)16-27-21-8-2-1-3-9-21/h1-10,12,14H,11,13,15-17H2,(H,25,26). The summed E-state index contributed by atoms with van der Waals surface area (Å²) in [7, 11) is 0. The Morgan fingerprint density at radius 3 is 2.52 bits per heavy atom. The van der Waals surface area contributed by atoms with Crippen LogP contribution in [0, 0.1) is 0 Å². The molecule has 0 atom stereocenters. The second-order valence-corrected chi connectivity index (χ2v) is 6.83. The van der Waals surface area contributed by atoms with E-state index in [9.17, 15) is 4.79 Å². The van der Waals surface area contributed by atoms with Gasteiger partial charge in [0.15, 0.2) is 11.5 Å². The van der Waals surface area contributed by atoms with Crippen molar-refractivity contribution >= 4 is 5.91 Å². The molecule has 0 aromatic heterocycles. The van der Waals surface area contributed by atoms with Crippen LogP contribution in [0.1, 0.15) is 23.1 Å². The highest BCUT2D eigenvalue weighted by molar-refractivity contribution is 5.76. The molecule has 1 amide bonds. The van der Waals surface area contributed by atoms with Gasteiger partial charge in [-0.05, 0) is 47.4 Å². The fraction of sp³-hybridized carbons (Fsp3) is 0.208. The Bertz CT molecular complexity index is 972. The summed E-state index contributed by atoms with van der Waals surface area (Å²) in [5.41, 5.74) is 3.17. The number of ether oxygens (including phenoxy) is 3. The lowest BCUT2D eigenvalue weighted by molar-refractivity contribution is -0.121. The molecule has 5 nitrogen and oxygen atoms in total. The predicted octanol–water partition coefficient (Wildman–Crippen LogP) is 4.24. The summed E-state index contributed by atoms with van der Waals surface area (Å²) in [6, 6.07) is 23.5. The summed E-state index contributed by atoms with van der Waals surface area (Å²) in [5.74, 6) is 2.35. The third-order valence-corrected chi connectivity index (χ3v) is 4.81. The maximum atomic E-state index is 12.3. The van der Waals surface area contributed by atoms with Gasteiger partial charge < -0.3 is 19.5 Å². The lowest BCUT2D eigenvalue weighted by Crippen LogP contribution is -2.23. The zero-order valence-electron chi connectivity index (χ0n) is 16.1. The van der Waals surface area contributed by atoms with Crippen LogP contribution >= 0.6 is 0 Å². The monoisotopic (exact) mass is 389 g/mol. The molecular weight excluding hydrogens is 366 g/mol. The molecule has 0 unspecified atom stereocenters. The van der Waals surface area contributed by atoms with E-state index in [1.807, 2.05) is 72.8 Å². The van der Waals surface area contributed by atoms with Crippen LogP contribution in [0.3, 0.4) is 0 Å². The van der Waals surface area contributed by atoms with E-state index in [4.69, 9.17) is 14.2 Å². The lowest BCUT2D eigenvalue weighted by atomic mass is 10.1. The fourth-order valence-corrected chi connectivity index (χ4v) is 3.19. The van der Waals surface area contributed by atoms with Gasteiger partial charge in [0, 0.05) is 13.0 Å². The largest absolute Gasteiger partial charge is 0.489 e. The van der Waals surface area contributed by atoms with Crippen molar-refractivity contribution in [1.82, 2.24) is 5.32 Å². The van der Waals surface area contributed by atoms with E-state index in [-0.39, 0.29) is 12.7 Å². The third kappa shape index (κ3) is 5.08. The van der Waals surface area contributed by atoms with Crippen molar-refractivity contribution in [2.75, 3.05) is 6.79 Å². The van der Waals surface area contributed by atoms with Crippen molar-refractivity contribution in [3.63, 3.8) is 0 Å². The van der Waals surface area contributed by atoms with Crippen LogP contribution in [0.5, 0.6) is 17.2 Å². The smallest absolute Gasteiger partial charge is 0.231 e. The summed E-state index contributed by atoms with van der Waals surface area (Å²) in [6.45, 7) is 1.20. The Balaban J connectivity index is 1.28. The van der Waals surface area contributed by atoms with E-state index in [1.54, 1.807) is 0 Å². The number of amides is 1. The van der Waals surface area contributed by atoms with E-state index in [0.29, 0.717) is 26.0 Å². The summed E-state index contributed by atoms with van der Waals surface area (Å²) in [4.78, 5) is 12.3. The average Bonchev–Trinajstić information content (AvgIpc) is 3.24. The van der Waals surface area contributed by atoms with Gasteiger partial charge in [0.05, 0.1) is 0 Å². The van der Waals surface area contributed by atoms with E-state index >= 15 is 0 Å². The Labute approximate surface area is 170 Å². The molecule has 4 rings (SSSR count). The van der Waals surface area contributed by atoms with Crippen molar-refractivity contribution < 1.29 is 19.0 Å². The summed E-state index contributed by atoms with van der Waals surface area (Å²) in [5, 5.41) is 3.01. The number of para-hydroxylation sites is 1. The van der Waals surface area contributed by atoms with Crippen molar-refractivity contribution in [3.05, 3.63) is 89.5 Å². The van der Waals surface area contributed by atoms with Gasteiger partial charge in [-0.3, -0.25) is 4.79 Å². The van der Waals surface area contributed by atoms with Gasteiger partial charge in [-0.1, -0.05) is 48.5 Å². The van der Waals surface area contributed by atoms with Gasteiger partial charge in [0.2, 0.25) is 12.7 Å². The molecule has 0 saturated carbocycles. The quantitative estimate of drug-likeness (QED) is 0.626. The van der Waals surface area contributed by atoms with Crippen LogP contribution in [-0.2, 0) is 24.4 Å². The first-order chi connectivity index (χ1) is 14.3. The Morgan fingerprint density at radius 2 is 1.66 bits per heavy atom. The molecule has 3 aromatic carbocycles. The second kappa shape index (κ2) is 9.15. The van der Waals surface area contributed by atoms with Gasteiger partial charge in [-0.2, -0.15) is 0 Å². The molecule has 0 bridgehead atoms. The Hall–Kier alpha value is -3.47. The number of fused-ring (bicyclic) bond motifs is 1. The number of nitrogens with one attached hydrogen (secondary N) is 1. The molecule has 148 valence electrons. The first-order valence-electron chi connectivity index (χ1n) is 9.68. The van der Waals surface area contributed by atoms with Gasteiger partial charge in [-0.15, -0.1) is 0 Å². The van der Waals surface area contributed by atoms with Crippen LogP contribution < -0.4 is 19.5 Å². The van der Waals surface area contributed by atoms with Crippen molar-refractivity contribution in [2.24, 2.45) is 0 Å². The fourth-order valence-electron chi connectivity index (χ4n) is 3.19. The van der Waals surface area contributed by atoms with Crippen LogP contribution in [-0.4, -0.2) is 12.7 Å². The van der Waals surface area contributed by atoms with Crippen LogP contribution in [0.4, 0.5) is 0 Å². The Morgan fingerprint density at radius 1 is 0.897 bits per heavy atom. The first-order valence-corrected chi connectivity index (χ1v) is 9.68. The Kier molecular flexibility index (Phi) is 5.95. The SMILES string of the molecule is O=C(CCc1ccc2c(c1)OCO2)NCc1ccccc1COc1ccccc1. The lowest BCUT2D eigenvalue weighted by Gasteiger charge is -2.12. The predicted molar refractivity (Wildman–Crippen MR) is 110 cm³/mol. The number of hydrogen-bond donors (Lipinski definition) is 1. The van der Waals surface area contributed by atoms with E-state index in [2.05, 4.69) is 5.32 Å². The molecule has 1 heterocycles. The number of carbonyl (C=O) groups excluding carboxylic acids is 1. The highest BCUT2D eigenvalue weighted by Crippen LogP contribution is 2.32. The molecule has 0 saturated heterocycles. The summed E-state index contributed by atoms with van der Waals surface area (Å²) in [6.07, 6.45) is 1.07. The van der Waals surface area contributed by atoms with Crippen molar-refractivity contribution in [1.29, 1.82) is 0 Å².